The Morgan fingerprint density at radius 2 is 0.925 bits per heavy atom. The smallest absolute Gasteiger partial charge is 0.397 e. The Morgan fingerprint density at radius 1 is 0.537 bits per heavy atom. The number of benzene rings is 4. The lowest BCUT2D eigenvalue weighted by Gasteiger charge is -2.31. The number of aromatic nitrogens is 6. The van der Waals surface area contributed by atoms with E-state index in [-0.39, 0.29) is 75.9 Å². The first-order valence-electron chi connectivity index (χ1n) is 19.7. The molecular weight excluding hydrogens is 925 g/mol. The minimum atomic E-state index is -6.22. The Balaban J connectivity index is 0.000000251. The number of rotatable bonds is 12. The first-order valence-corrected chi connectivity index (χ1v) is 19.7. The van der Waals surface area contributed by atoms with Crippen LogP contribution in [0.4, 0.5) is 67.2 Å². The number of aryl methyl sites for hydroxylation is 4. The van der Waals surface area contributed by atoms with Crippen molar-refractivity contribution in [3.05, 3.63) is 148 Å². The molecule has 0 aliphatic carbocycles. The highest BCUT2D eigenvalue weighted by Crippen LogP contribution is 2.55. The summed E-state index contributed by atoms with van der Waals surface area (Å²) in [7, 11) is 0. The SMILES string of the molecule is CCc1cc(C(F)(C(F)(F)F)C(F)(F)F)cc(C)c1CC(=O)c1ccc(-n2cncn2)c(N)c1.CCc1cc(C(F)(C(F)(F)F)C(F)(F)F)cc(C)c1CC(=O)c1ccc(-n2cncn2)cc1. The van der Waals surface area contributed by atoms with Crippen LogP contribution in [-0.4, -0.2) is 65.8 Å². The number of carbonyl (C=O) groups excluding carboxylic acids is 2. The highest BCUT2D eigenvalue weighted by atomic mass is 19.4. The van der Waals surface area contributed by atoms with Gasteiger partial charge in [-0.25, -0.2) is 28.1 Å². The molecule has 0 spiro atoms. The molecule has 67 heavy (non-hydrogen) atoms. The van der Waals surface area contributed by atoms with Crippen molar-refractivity contribution in [1.29, 1.82) is 0 Å². The zero-order chi connectivity index (χ0) is 50.1. The van der Waals surface area contributed by atoms with Crippen LogP contribution in [0.2, 0.25) is 0 Å². The van der Waals surface area contributed by atoms with Gasteiger partial charge in [0.1, 0.15) is 25.3 Å². The molecule has 4 aromatic carbocycles. The summed E-state index contributed by atoms with van der Waals surface area (Å²) in [6.07, 6.45) is -20.0. The monoisotopic (exact) mass is 961 g/mol. The molecule has 0 bridgehead atoms. The van der Waals surface area contributed by atoms with E-state index >= 15 is 0 Å². The Bertz CT molecular complexity index is 2680. The van der Waals surface area contributed by atoms with E-state index in [4.69, 9.17) is 5.73 Å². The third-order valence-corrected chi connectivity index (χ3v) is 10.8. The molecule has 0 saturated carbocycles. The summed E-state index contributed by atoms with van der Waals surface area (Å²) < 4.78 is 190. The molecule has 0 aliphatic rings. The second-order valence-electron chi connectivity index (χ2n) is 15.1. The second-order valence-corrected chi connectivity index (χ2v) is 15.1. The first-order chi connectivity index (χ1) is 31.0. The van der Waals surface area contributed by atoms with Crippen LogP contribution < -0.4 is 5.73 Å². The van der Waals surface area contributed by atoms with Crippen molar-refractivity contribution in [3.8, 4) is 11.4 Å². The Kier molecular flexibility index (Phi) is 14.5. The van der Waals surface area contributed by atoms with Gasteiger partial charge in [0.2, 0.25) is 0 Å². The summed E-state index contributed by atoms with van der Waals surface area (Å²) in [5, 5.41) is 7.89. The van der Waals surface area contributed by atoms with E-state index in [2.05, 4.69) is 20.2 Å². The van der Waals surface area contributed by atoms with E-state index in [0.717, 1.165) is 0 Å². The minimum absolute atomic E-state index is 0.00563. The largest absolute Gasteiger partial charge is 0.435 e. The summed E-state index contributed by atoms with van der Waals surface area (Å²) in [5.74, 6) is -0.871. The van der Waals surface area contributed by atoms with E-state index in [1.165, 1.54) is 92.7 Å². The van der Waals surface area contributed by atoms with E-state index < -0.39 is 58.7 Å². The Labute approximate surface area is 371 Å². The Hall–Kier alpha value is -6.68. The molecule has 6 aromatic rings. The van der Waals surface area contributed by atoms with Crippen molar-refractivity contribution in [2.45, 2.75) is 89.4 Å². The van der Waals surface area contributed by atoms with Crippen LogP contribution >= 0.6 is 0 Å². The van der Waals surface area contributed by atoms with E-state index in [9.17, 15) is 71.1 Å². The van der Waals surface area contributed by atoms with Crippen molar-refractivity contribution >= 4 is 17.3 Å². The topological polar surface area (TPSA) is 122 Å². The average molecular weight is 962 g/mol. The molecule has 23 heteroatoms. The van der Waals surface area contributed by atoms with Gasteiger partial charge in [0.25, 0.3) is 0 Å². The Morgan fingerprint density at radius 3 is 1.28 bits per heavy atom. The number of halogens is 14. The predicted octanol–water partition coefficient (Wildman–Crippen LogP) is 11.3. The molecule has 358 valence electrons. The van der Waals surface area contributed by atoms with Gasteiger partial charge >= 0.3 is 36.0 Å². The summed E-state index contributed by atoms with van der Waals surface area (Å²) in [6.45, 7) is 5.48. The maximum absolute atomic E-state index is 14.5. The van der Waals surface area contributed by atoms with Gasteiger partial charge in [-0.05, 0) is 103 Å². The van der Waals surface area contributed by atoms with Crippen molar-refractivity contribution in [2.75, 3.05) is 5.73 Å². The van der Waals surface area contributed by atoms with Crippen LogP contribution in [0.5, 0.6) is 0 Å². The van der Waals surface area contributed by atoms with Gasteiger partial charge in [-0.15, -0.1) is 0 Å². The van der Waals surface area contributed by atoms with Gasteiger partial charge in [-0.3, -0.25) is 9.59 Å². The third kappa shape index (κ3) is 10.2. The fourth-order valence-corrected chi connectivity index (χ4v) is 7.23. The van der Waals surface area contributed by atoms with Crippen molar-refractivity contribution < 1.29 is 71.1 Å². The number of ketones is 2. The molecule has 0 amide bonds. The fraction of sp³-hybridized carbons (Fsp3) is 0.318. The first kappa shape index (κ1) is 51.3. The zero-order valence-electron chi connectivity index (χ0n) is 35.4. The lowest BCUT2D eigenvalue weighted by molar-refractivity contribution is -0.349. The standard InChI is InChI=1S/C22H19F7N4O.C22H18F7N3O/c1-3-13-7-15(20(23,21(24,25)26)22(27,28)29)6-12(2)16(13)9-19(34)14-4-5-18(17(30)8-14)33-11-31-10-32-33;1-3-14-9-16(20(23,21(24,25)26)22(27,28)29)8-13(2)18(14)10-19(33)15-4-6-17(7-5-15)32-12-30-11-31-32/h4-8,10-11H,3,9,30H2,1-2H3;4-9,11-12H,3,10H2,1-2H3. The molecule has 0 radical (unpaired) electrons. The number of carbonyl (C=O) groups is 2. The average Bonchev–Trinajstić information content (AvgIpc) is 3.99. The molecule has 0 atom stereocenters. The molecule has 0 saturated heterocycles. The van der Waals surface area contributed by atoms with Crippen LogP contribution in [0.3, 0.4) is 0 Å². The molecule has 9 nitrogen and oxygen atoms in total. The summed E-state index contributed by atoms with van der Waals surface area (Å²) in [5.41, 5.74) is -6.00. The number of nitrogens with zero attached hydrogens (tertiary/aromatic N) is 6. The highest BCUT2D eigenvalue weighted by molar-refractivity contribution is 5.99. The molecule has 2 aromatic heterocycles. The lowest BCUT2D eigenvalue weighted by atomic mass is 9.86. The lowest BCUT2D eigenvalue weighted by Crippen LogP contribution is -2.50. The molecule has 2 N–H and O–H groups in total. The molecule has 0 aliphatic heterocycles. The van der Waals surface area contributed by atoms with Gasteiger partial charge in [0.05, 0.1) is 17.1 Å². The van der Waals surface area contributed by atoms with E-state index in [0.29, 0.717) is 35.6 Å². The number of Topliss-reactive ketones (excluding diaryl/α,β-unsaturated/α-hetero) is 2. The number of anilines is 1. The number of nitrogen functional groups attached to an aromatic ring is 1. The van der Waals surface area contributed by atoms with E-state index in [1.54, 1.807) is 12.1 Å². The second kappa shape index (κ2) is 18.9. The van der Waals surface area contributed by atoms with Gasteiger partial charge in [0, 0.05) is 35.1 Å². The predicted molar refractivity (Wildman–Crippen MR) is 214 cm³/mol. The third-order valence-electron chi connectivity index (χ3n) is 10.8. The summed E-state index contributed by atoms with van der Waals surface area (Å²) in [4.78, 5) is 33.2. The van der Waals surface area contributed by atoms with Crippen LogP contribution in [-0.2, 0) is 37.0 Å². The molecule has 0 fully saturated rings. The van der Waals surface area contributed by atoms with Crippen LogP contribution in [0.25, 0.3) is 11.4 Å². The highest BCUT2D eigenvalue weighted by Gasteiger charge is 2.74. The van der Waals surface area contributed by atoms with Crippen LogP contribution in [0.15, 0.2) is 92.0 Å². The number of hydrogen-bond acceptors (Lipinski definition) is 7. The minimum Gasteiger partial charge on any atom is -0.397 e. The quantitative estimate of drug-likeness (QED) is 0.0736. The van der Waals surface area contributed by atoms with Crippen molar-refractivity contribution in [1.82, 2.24) is 29.5 Å². The summed E-state index contributed by atoms with van der Waals surface area (Å²) >= 11 is 0. The summed E-state index contributed by atoms with van der Waals surface area (Å²) in [6, 6.07) is 12.7. The zero-order valence-corrected chi connectivity index (χ0v) is 35.4. The maximum atomic E-state index is 14.5. The van der Waals surface area contributed by atoms with Crippen LogP contribution in [0, 0.1) is 13.8 Å². The number of alkyl halides is 14. The van der Waals surface area contributed by atoms with Crippen molar-refractivity contribution in [3.63, 3.8) is 0 Å². The normalized spacial score (nSPS) is 12.7. The molecule has 0 unspecified atom stereocenters. The molecule has 6 rings (SSSR count). The van der Waals surface area contributed by atoms with Gasteiger partial charge in [-0.1, -0.05) is 38.1 Å². The van der Waals surface area contributed by atoms with Crippen molar-refractivity contribution in [2.24, 2.45) is 0 Å². The molecular formula is C44H37F14N7O2. The number of hydrogen-bond donors (Lipinski definition) is 1. The van der Waals surface area contributed by atoms with Gasteiger partial charge in [-0.2, -0.15) is 62.9 Å². The maximum Gasteiger partial charge on any atom is 0.435 e. The van der Waals surface area contributed by atoms with Gasteiger partial charge in [0.15, 0.2) is 11.6 Å². The fourth-order valence-electron chi connectivity index (χ4n) is 7.23. The number of nitrogens with two attached hydrogens (primary N) is 1. The van der Waals surface area contributed by atoms with E-state index in [1.807, 2.05) is 0 Å². The molecule has 2 heterocycles. The van der Waals surface area contributed by atoms with Crippen LogP contribution in [0.1, 0.15) is 79.1 Å². The van der Waals surface area contributed by atoms with Gasteiger partial charge < -0.3 is 5.73 Å².